The first-order valence-corrected chi connectivity index (χ1v) is 6.30. The SMILES string of the molecule is CC(NC1CCc2ncnn2C1)C1(C)CC1. The maximum absolute atomic E-state index is 4.26. The van der Waals surface area contributed by atoms with Gasteiger partial charge < -0.3 is 5.32 Å². The molecule has 1 aliphatic carbocycles. The average molecular weight is 220 g/mol. The van der Waals surface area contributed by atoms with Crippen molar-refractivity contribution >= 4 is 0 Å². The van der Waals surface area contributed by atoms with E-state index in [9.17, 15) is 0 Å². The van der Waals surface area contributed by atoms with E-state index in [0.717, 1.165) is 18.8 Å². The number of hydrogen-bond acceptors (Lipinski definition) is 3. The fourth-order valence-electron chi connectivity index (χ4n) is 2.56. The van der Waals surface area contributed by atoms with Crippen molar-refractivity contribution in [2.24, 2.45) is 5.41 Å². The van der Waals surface area contributed by atoms with Gasteiger partial charge in [0.25, 0.3) is 0 Å². The van der Waals surface area contributed by atoms with Crippen LogP contribution in [0.4, 0.5) is 0 Å². The van der Waals surface area contributed by atoms with Crippen molar-refractivity contribution in [2.75, 3.05) is 0 Å². The van der Waals surface area contributed by atoms with Crippen LogP contribution < -0.4 is 5.32 Å². The van der Waals surface area contributed by atoms with Gasteiger partial charge in [-0.25, -0.2) is 9.67 Å². The number of nitrogens with one attached hydrogen (secondary N) is 1. The highest BCUT2D eigenvalue weighted by molar-refractivity contribution is 4.99. The van der Waals surface area contributed by atoms with Crippen LogP contribution in [-0.2, 0) is 13.0 Å². The smallest absolute Gasteiger partial charge is 0.138 e. The van der Waals surface area contributed by atoms with Crippen LogP contribution >= 0.6 is 0 Å². The highest BCUT2D eigenvalue weighted by Gasteiger charge is 2.43. The molecule has 1 fully saturated rings. The summed E-state index contributed by atoms with van der Waals surface area (Å²) in [5, 5.41) is 8.02. The zero-order valence-electron chi connectivity index (χ0n) is 10.1. The van der Waals surface area contributed by atoms with Gasteiger partial charge in [-0.15, -0.1) is 0 Å². The third kappa shape index (κ3) is 1.75. The third-order valence-electron chi connectivity index (χ3n) is 4.38. The molecule has 1 saturated carbocycles. The monoisotopic (exact) mass is 220 g/mol. The molecule has 4 heteroatoms. The van der Waals surface area contributed by atoms with Crippen molar-refractivity contribution in [3.05, 3.63) is 12.2 Å². The first-order valence-electron chi connectivity index (χ1n) is 6.30. The number of nitrogens with zero attached hydrogens (tertiary/aromatic N) is 3. The second-order valence-electron chi connectivity index (χ2n) is 5.64. The quantitative estimate of drug-likeness (QED) is 0.836. The van der Waals surface area contributed by atoms with Crippen molar-refractivity contribution in [3.63, 3.8) is 0 Å². The van der Waals surface area contributed by atoms with E-state index >= 15 is 0 Å². The van der Waals surface area contributed by atoms with Gasteiger partial charge in [-0.2, -0.15) is 5.10 Å². The summed E-state index contributed by atoms with van der Waals surface area (Å²) in [7, 11) is 0. The molecule has 16 heavy (non-hydrogen) atoms. The predicted molar refractivity (Wildman–Crippen MR) is 62.1 cm³/mol. The second kappa shape index (κ2) is 3.55. The lowest BCUT2D eigenvalue weighted by Crippen LogP contribution is -2.45. The maximum Gasteiger partial charge on any atom is 0.138 e. The summed E-state index contributed by atoms with van der Waals surface area (Å²) in [6.45, 7) is 5.69. The van der Waals surface area contributed by atoms with Gasteiger partial charge in [-0.3, -0.25) is 0 Å². The topological polar surface area (TPSA) is 42.7 Å². The van der Waals surface area contributed by atoms with Gasteiger partial charge >= 0.3 is 0 Å². The lowest BCUT2D eigenvalue weighted by atomic mass is 9.98. The van der Waals surface area contributed by atoms with E-state index in [1.54, 1.807) is 6.33 Å². The van der Waals surface area contributed by atoms with Crippen LogP contribution in [0.25, 0.3) is 0 Å². The van der Waals surface area contributed by atoms with Gasteiger partial charge in [0.1, 0.15) is 12.2 Å². The molecule has 0 aromatic carbocycles. The molecule has 0 bridgehead atoms. The van der Waals surface area contributed by atoms with E-state index in [1.165, 1.54) is 19.3 Å². The van der Waals surface area contributed by atoms with Crippen LogP contribution in [0.1, 0.15) is 38.9 Å². The largest absolute Gasteiger partial charge is 0.309 e. The maximum atomic E-state index is 4.26. The summed E-state index contributed by atoms with van der Waals surface area (Å²) in [5.74, 6) is 1.14. The van der Waals surface area contributed by atoms with Crippen molar-refractivity contribution in [3.8, 4) is 0 Å². The molecule has 0 radical (unpaired) electrons. The molecule has 88 valence electrons. The lowest BCUT2D eigenvalue weighted by molar-refractivity contribution is 0.283. The van der Waals surface area contributed by atoms with Crippen LogP contribution in [0.3, 0.4) is 0 Å². The zero-order valence-corrected chi connectivity index (χ0v) is 10.1. The first kappa shape index (κ1) is 10.3. The molecule has 2 aliphatic rings. The summed E-state index contributed by atoms with van der Waals surface area (Å²) >= 11 is 0. The molecule has 3 rings (SSSR count). The second-order valence-corrected chi connectivity index (χ2v) is 5.64. The molecule has 0 saturated heterocycles. The van der Waals surface area contributed by atoms with Crippen molar-refractivity contribution in [1.82, 2.24) is 20.1 Å². The van der Waals surface area contributed by atoms with Gasteiger partial charge in [0.2, 0.25) is 0 Å². The van der Waals surface area contributed by atoms with E-state index in [2.05, 4.69) is 29.2 Å². The molecule has 1 aliphatic heterocycles. The molecule has 2 unspecified atom stereocenters. The Bertz CT molecular complexity index is 380. The summed E-state index contributed by atoms with van der Waals surface area (Å²) in [6.07, 6.45) is 6.68. The van der Waals surface area contributed by atoms with Gasteiger partial charge in [-0.05, 0) is 31.6 Å². The standard InChI is InChI=1S/C12H20N4/c1-9(12(2)5-6-12)15-10-3-4-11-13-8-14-16(11)7-10/h8-10,15H,3-7H2,1-2H3. The van der Waals surface area contributed by atoms with Crippen molar-refractivity contribution < 1.29 is 0 Å². The van der Waals surface area contributed by atoms with Gasteiger partial charge in [0.15, 0.2) is 0 Å². The van der Waals surface area contributed by atoms with Gasteiger partial charge in [0, 0.05) is 18.5 Å². The Kier molecular flexibility index (Phi) is 2.28. The number of hydrogen-bond donors (Lipinski definition) is 1. The van der Waals surface area contributed by atoms with Crippen LogP contribution in [0.2, 0.25) is 0 Å². The lowest BCUT2D eigenvalue weighted by Gasteiger charge is -2.29. The first-order chi connectivity index (χ1) is 7.67. The summed E-state index contributed by atoms with van der Waals surface area (Å²) in [4.78, 5) is 4.26. The molecule has 1 aromatic heterocycles. The minimum Gasteiger partial charge on any atom is -0.309 e. The number of rotatable bonds is 3. The zero-order chi connectivity index (χ0) is 11.2. The van der Waals surface area contributed by atoms with Crippen molar-refractivity contribution in [1.29, 1.82) is 0 Å². The highest BCUT2D eigenvalue weighted by Crippen LogP contribution is 2.48. The van der Waals surface area contributed by atoms with E-state index in [-0.39, 0.29) is 0 Å². The number of aryl methyl sites for hydroxylation is 1. The molecular formula is C12H20N4. The molecule has 2 heterocycles. The Hall–Kier alpha value is -0.900. The van der Waals surface area contributed by atoms with Gasteiger partial charge in [-0.1, -0.05) is 6.92 Å². The minimum atomic E-state index is 0.558. The van der Waals surface area contributed by atoms with Crippen LogP contribution in [0.5, 0.6) is 0 Å². The van der Waals surface area contributed by atoms with E-state index in [4.69, 9.17) is 0 Å². The molecule has 2 atom stereocenters. The number of aromatic nitrogens is 3. The molecule has 0 spiro atoms. The number of fused-ring (bicyclic) bond motifs is 1. The Labute approximate surface area is 96.4 Å². The Balaban J connectivity index is 1.62. The Morgan fingerprint density at radius 2 is 2.38 bits per heavy atom. The van der Waals surface area contributed by atoms with E-state index in [0.29, 0.717) is 17.5 Å². The molecule has 0 amide bonds. The molecular weight excluding hydrogens is 200 g/mol. The minimum absolute atomic E-state index is 0.558. The van der Waals surface area contributed by atoms with E-state index < -0.39 is 0 Å². The fraction of sp³-hybridized carbons (Fsp3) is 0.833. The predicted octanol–water partition coefficient (Wildman–Crippen LogP) is 1.37. The summed E-state index contributed by atoms with van der Waals surface area (Å²) in [6, 6.07) is 1.20. The fourth-order valence-corrected chi connectivity index (χ4v) is 2.56. The van der Waals surface area contributed by atoms with Crippen LogP contribution in [-0.4, -0.2) is 26.8 Å². The van der Waals surface area contributed by atoms with Gasteiger partial charge in [0.05, 0.1) is 6.54 Å². The Morgan fingerprint density at radius 3 is 3.12 bits per heavy atom. The summed E-state index contributed by atoms with van der Waals surface area (Å²) in [5.41, 5.74) is 0.558. The highest BCUT2D eigenvalue weighted by atomic mass is 15.3. The van der Waals surface area contributed by atoms with Crippen molar-refractivity contribution in [2.45, 2.75) is 58.2 Å². The Morgan fingerprint density at radius 1 is 1.56 bits per heavy atom. The van der Waals surface area contributed by atoms with Crippen LogP contribution in [0, 0.1) is 5.41 Å². The molecule has 1 aromatic rings. The molecule has 4 nitrogen and oxygen atoms in total. The average Bonchev–Trinajstić information content (AvgIpc) is 2.87. The molecule has 1 N–H and O–H groups in total. The summed E-state index contributed by atoms with van der Waals surface area (Å²) < 4.78 is 2.04. The van der Waals surface area contributed by atoms with E-state index in [1.807, 2.05) is 4.68 Å². The normalized spacial score (nSPS) is 28.5. The van der Waals surface area contributed by atoms with Crippen LogP contribution in [0.15, 0.2) is 6.33 Å². The third-order valence-corrected chi connectivity index (χ3v) is 4.38.